The maximum atomic E-state index is 12.8. The molecule has 2 rings (SSSR count). The first-order chi connectivity index (χ1) is 12.3. The quantitative estimate of drug-likeness (QED) is 0.824. The highest BCUT2D eigenvalue weighted by molar-refractivity contribution is 5.99. The van der Waals surface area contributed by atoms with Crippen molar-refractivity contribution >= 4 is 17.8 Å². The van der Waals surface area contributed by atoms with Crippen molar-refractivity contribution in [2.45, 2.75) is 65.6 Å². The molecule has 0 bridgehead atoms. The van der Waals surface area contributed by atoms with Crippen molar-refractivity contribution < 1.29 is 14.3 Å². The molecule has 1 heterocycles. The van der Waals surface area contributed by atoms with Gasteiger partial charge in [-0.1, -0.05) is 13.8 Å². The molecule has 0 aliphatic carbocycles. The number of benzene rings is 1. The van der Waals surface area contributed by atoms with Crippen LogP contribution in [-0.2, 0) is 11.3 Å². The van der Waals surface area contributed by atoms with Gasteiger partial charge in [0.25, 0.3) is 0 Å². The Hall–Kier alpha value is -2.57. The number of amides is 2. The van der Waals surface area contributed by atoms with Gasteiger partial charge in [0.05, 0.1) is 18.5 Å². The van der Waals surface area contributed by atoms with Gasteiger partial charge < -0.3 is 16.2 Å². The molecule has 1 unspecified atom stereocenters. The van der Waals surface area contributed by atoms with Crippen LogP contribution in [0.25, 0.3) is 0 Å². The maximum absolute atomic E-state index is 12.8. The minimum Gasteiger partial charge on any atom is -0.488 e. The minimum atomic E-state index is -0.544. The summed E-state index contributed by atoms with van der Waals surface area (Å²) in [6, 6.07) is 4.94. The minimum absolute atomic E-state index is 0.107. The molecule has 0 saturated heterocycles. The van der Waals surface area contributed by atoms with Crippen LogP contribution in [0, 0.1) is 5.92 Å². The molecule has 0 aromatic heterocycles. The van der Waals surface area contributed by atoms with Crippen LogP contribution in [0.1, 0.15) is 63.9 Å². The number of rotatable bonds is 5. The standard InChI is InChI=1S/C20H30N4O3/c1-12(2)20(6)10-16(25)24(18(22)23-20)11-14-9-13(17(21)26)7-8-15(14)27-19(3,4)5/h7-9,12H,10-11H2,1-6H3,(H2,21,26)(H2,22,23). The van der Waals surface area contributed by atoms with Crippen LogP contribution in [0.5, 0.6) is 5.75 Å². The van der Waals surface area contributed by atoms with E-state index in [-0.39, 0.29) is 30.8 Å². The van der Waals surface area contributed by atoms with E-state index < -0.39 is 17.0 Å². The van der Waals surface area contributed by atoms with Crippen molar-refractivity contribution in [2.24, 2.45) is 22.4 Å². The zero-order valence-electron chi connectivity index (χ0n) is 17.0. The molecule has 0 fully saturated rings. The van der Waals surface area contributed by atoms with Crippen molar-refractivity contribution in [3.05, 3.63) is 29.3 Å². The van der Waals surface area contributed by atoms with Crippen LogP contribution in [0.2, 0.25) is 0 Å². The van der Waals surface area contributed by atoms with E-state index in [9.17, 15) is 9.59 Å². The SMILES string of the molecule is CC(C)C1(C)CC(=O)N(Cc2cc(C(N)=O)ccc2OC(C)(C)C)C(N)=N1. The van der Waals surface area contributed by atoms with E-state index in [0.717, 1.165) is 0 Å². The third-order valence-electron chi connectivity index (χ3n) is 4.79. The molecular weight excluding hydrogens is 344 g/mol. The molecule has 1 aromatic rings. The fourth-order valence-electron chi connectivity index (χ4n) is 2.85. The average Bonchev–Trinajstić information content (AvgIpc) is 2.50. The Balaban J connectivity index is 2.41. The van der Waals surface area contributed by atoms with Gasteiger partial charge >= 0.3 is 0 Å². The second-order valence-corrected chi connectivity index (χ2v) is 8.54. The molecule has 0 radical (unpaired) electrons. The highest BCUT2D eigenvalue weighted by Crippen LogP contribution is 2.32. The van der Waals surface area contributed by atoms with Gasteiger partial charge in [0, 0.05) is 11.1 Å². The van der Waals surface area contributed by atoms with Crippen molar-refractivity contribution in [1.29, 1.82) is 0 Å². The smallest absolute Gasteiger partial charge is 0.248 e. The van der Waals surface area contributed by atoms with Crippen LogP contribution in [0.15, 0.2) is 23.2 Å². The van der Waals surface area contributed by atoms with Crippen molar-refractivity contribution in [2.75, 3.05) is 0 Å². The van der Waals surface area contributed by atoms with Crippen LogP contribution >= 0.6 is 0 Å². The fourth-order valence-corrected chi connectivity index (χ4v) is 2.85. The fraction of sp³-hybridized carbons (Fsp3) is 0.550. The number of nitrogens with zero attached hydrogens (tertiary/aromatic N) is 2. The lowest BCUT2D eigenvalue weighted by Gasteiger charge is -2.37. The molecule has 4 N–H and O–H groups in total. The van der Waals surface area contributed by atoms with E-state index in [1.54, 1.807) is 18.2 Å². The summed E-state index contributed by atoms with van der Waals surface area (Å²) in [4.78, 5) is 30.4. The van der Waals surface area contributed by atoms with E-state index in [0.29, 0.717) is 16.9 Å². The topological polar surface area (TPSA) is 111 Å². The van der Waals surface area contributed by atoms with Crippen LogP contribution in [0.3, 0.4) is 0 Å². The first-order valence-electron chi connectivity index (χ1n) is 9.10. The third-order valence-corrected chi connectivity index (χ3v) is 4.79. The van der Waals surface area contributed by atoms with Gasteiger partial charge in [0.15, 0.2) is 5.96 Å². The number of carbonyl (C=O) groups is 2. The number of guanidine groups is 1. The van der Waals surface area contributed by atoms with Crippen LogP contribution in [-0.4, -0.2) is 33.8 Å². The molecule has 2 amide bonds. The second kappa shape index (κ2) is 7.21. The highest BCUT2D eigenvalue weighted by atomic mass is 16.5. The van der Waals surface area contributed by atoms with E-state index in [1.807, 2.05) is 41.5 Å². The molecule has 7 nitrogen and oxygen atoms in total. The lowest BCUT2D eigenvalue weighted by molar-refractivity contribution is -0.130. The normalized spacial score (nSPS) is 20.6. The number of primary amides is 1. The number of nitrogens with two attached hydrogens (primary N) is 2. The number of ether oxygens (including phenoxy) is 1. The van der Waals surface area contributed by atoms with Gasteiger partial charge in [-0.25, -0.2) is 4.99 Å². The van der Waals surface area contributed by atoms with Gasteiger partial charge in [-0.05, 0) is 51.8 Å². The summed E-state index contributed by atoms with van der Waals surface area (Å²) in [5, 5.41) is 0. The highest BCUT2D eigenvalue weighted by Gasteiger charge is 2.38. The van der Waals surface area contributed by atoms with Gasteiger partial charge in [-0.15, -0.1) is 0 Å². The summed E-state index contributed by atoms with van der Waals surface area (Å²) >= 11 is 0. The Morgan fingerprint density at radius 1 is 1.37 bits per heavy atom. The molecule has 0 saturated carbocycles. The van der Waals surface area contributed by atoms with E-state index in [1.165, 1.54) is 4.90 Å². The molecule has 1 aromatic carbocycles. The van der Waals surface area contributed by atoms with Crippen molar-refractivity contribution in [3.8, 4) is 5.75 Å². The number of carbonyl (C=O) groups excluding carboxylic acids is 2. The largest absolute Gasteiger partial charge is 0.488 e. The summed E-state index contributed by atoms with van der Waals surface area (Å²) in [6.45, 7) is 11.9. The summed E-state index contributed by atoms with van der Waals surface area (Å²) in [5.41, 5.74) is 11.6. The van der Waals surface area contributed by atoms with Gasteiger partial charge in [-0.2, -0.15) is 0 Å². The summed E-state index contributed by atoms with van der Waals surface area (Å²) in [6.07, 6.45) is 0.274. The van der Waals surface area contributed by atoms with Gasteiger partial charge in [0.2, 0.25) is 11.8 Å². The molecule has 7 heteroatoms. The zero-order chi connectivity index (χ0) is 20.6. The number of hydrogen-bond acceptors (Lipinski definition) is 5. The first-order valence-corrected chi connectivity index (χ1v) is 9.10. The number of hydrogen-bond donors (Lipinski definition) is 2. The summed E-state index contributed by atoms with van der Waals surface area (Å²) in [7, 11) is 0. The summed E-state index contributed by atoms with van der Waals surface area (Å²) < 4.78 is 5.99. The Morgan fingerprint density at radius 2 is 2.00 bits per heavy atom. The monoisotopic (exact) mass is 374 g/mol. The van der Waals surface area contributed by atoms with Crippen molar-refractivity contribution in [3.63, 3.8) is 0 Å². The Bertz CT molecular complexity index is 780. The lowest BCUT2D eigenvalue weighted by atomic mass is 9.84. The number of aliphatic imine (C=N–C) groups is 1. The first kappa shape index (κ1) is 20.7. The molecule has 148 valence electrons. The molecule has 1 aliphatic heterocycles. The molecule has 1 atom stereocenters. The zero-order valence-corrected chi connectivity index (χ0v) is 17.0. The van der Waals surface area contributed by atoms with Crippen LogP contribution < -0.4 is 16.2 Å². The maximum Gasteiger partial charge on any atom is 0.248 e. The molecule has 0 spiro atoms. The second-order valence-electron chi connectivity index (χ2n) is 8.54. The van der Waals surface area contributed by atoms with E-state index in [4.69, 9.17) is 16.2 Å². The van der Waals surface area contributed by atoms with E-state index in [2.05, 4.69) is 4.99 Å². The molecule has 1 aliphatic rings. The van der Waals surface area contributed by atoms with E-state index >= 15 is 0 Å². The Morgan fingerprint density at radius 3 is 2.48 bits per heavy atom. The summed E-state index contributed by atoms with van der Waals surface area (Å²) in [5.74, 6) is 0.279. The predicted molar refractivity (Wildman–Crippen MR) is 105 cm³/mol. The average molecular weight is 374 g/mol. The molecular formula is C20H30N4O3. The van der Waals surface area contributed by atoms with Gasteiger partial charge in [-0.3, -0.25) is 14.5 Å². The van der Waals surface area contributed by atoms with Gasteiger partial charge in [0.1, 0.15) is 11.4 Å². The van der Waals surface area contributed by atoms with Crippen LogP contribution in [0.4, 0.5) is 0 Å². The lowest BCUT2D eigenvalue weighted by Crippen LogP contribution is -2.51. The molecule has 27 heavy (non-hydrogen) atoms. The Kier molecular flexibility index (Phi) is 5.54. The predicted octanol–water partition coefficient (Wildman–Crippen LogP) is 2.42. The van der Waals surface area contributed by atoms with Crippen molar-refractivity contribution in [1.82, 2.24) is 4.90 Å². The third kappa shape index (κ3) is 4.78. The Labute approximate surface area is 160 Å².